The van der Waals surface area contributed by atoms with E-state index < -0.39 is 0 Å². The quantitative estimate of drug-likeness (QED) is 0.346. The van der Waals surface area contributed by atoms with Crippen molar-refractivity contribution in [1.29, 1.82) is 0 Å². The Hall–Kier alpha value is -2.24. The van der Waals surface area contributed by atoms with Crippen LogP contribution in [0.15, 0.2) is 29.3 Å². The third-order valence-electron chi connectivity index (χ3n) is 5.21. The SMILES string of the molecule is CCNC(=NCc1ccc(OC2CCCCC2)cc1)NCCNC(=O)C1CC1. The van der Waals surface area contributed by atoms with Crippen LogP contribution in [0.5, 0.6) is 5.75 Å². The molecule has 2 fully saturated rings. The number of amides is 1. The highest BCUT2D eigenvalue weighted by Gasteiger charge is 2.28. The number of carbonyl (C=O) groups excluding carboxylic acids is 1. The lowest BCUT2D eigenvalue weighted by Crippen LogP contribution is -2.41. The standard InChI is InChI=1S/C22H34N4O2/c1-2-23-22(25-15-14-24-21(27)18-10-11-18)26-16-17-8-12-20(13-9-17)28-19-6-4-3-5-7-19/h8-9,12-13,18-19H,2-7,10-11,14-16H2,1H3,(H,24,27)(H2,23,25,26). The van der Waals surface area contributed by atoms with Gasteiger partial charge in [0.25, 0.3) is 0 Å². The molecule has 0 heterocycles. The molecule has 6 heteroatoms. The molecule has 0 atom stereocenters. The van der Waals surface area contributed by atoms with Gasteiger partial charge in [0.15, 0.2) is 5.96 Å². The first-order valence-electron chi connectivity index (χ1n) is 10.8. The van der Waals surface area contributed by atoms with E-state index in [0.717, 1.165) is 36.7 Å². The van der Waals surface area contributed by atoms with E-state index in [1.165, 1.54) is 32.1 Å². The topological polar surface area (TPSA) is 74.8 Å². The summed E-state index contributed by atoms with van der Waals surface area (Å²) >= 11 is 0. The number of ether oxygens (including phenoxy) is 1. The zero-order chi connectivity index (χ0) is 19.6. The van der Waals surface area contributed by atoms with Crippen molar-refractivity contribution in [3.63, 3.8) is 0 Å². The van der Waals surface area contributed by atoms with Crippen LogP contribution in [-0.4, -0.2) is 37.6 Å². The van der Waals surface area contributed by atoms with E-state index in [-0.39, 0.29) is 11.8 Å². The second-order valence-electron chi connectivity index (χ2n) is 7.71. The van der Waals surface area contributed by atoms with Crippen molar-refractivity contribution in [2.24, 2.45) is 10.9 Å². The summed E-state index contributed by atoms with van der Waals surface area (Å²) < 4.78 is 6.09. The summed E-state index contributed by atoms with van der Waals surface area (Å²) in [6.45, 7) is 4.73. The van der Waals surface area contributed by atoms with Gasteiger partial charge in [-0.1, -0.05) is 18.6 Å². The second kappa shape index (κ2) is 10.9. The summed E-state index contributed by atoms with van der Waals surface area (Å²) in [5.74, 6) is 2.16. The Morgan fingerprint density at radius 1 is 1.00 bits per heavy atom. The minimum absolute atomic E-state index is 0.180. The van der Waals surface area contributed by atoms with E-state index in [4.69, 9.17) is 4.74 Å². The Balaban J connectivity index is 1.41. The molecule has 3 N–H and O–H groups in total. The molecular weight excluding hydrogens is 352 g/mol. The summed E-state index contributed by atoms with van der Waals surface area (Å²) in [4.78, 5) is 16.3. The van der Waals surface area contributed by atoms with E-state index in [2.05, 4.69) is 33.1 Å². The Morgan fingerprint density at radius 2 is 1.71 bits per heavy atom. The first-order chi connectivity index (χ1) is 13.7. The number of rotatable bonds is 9. The molecule has 3 rings (SSSR count). The molecule has 6 nitrogen and oxygen atoms in total. The highest BCUT2D eigenvalue weighted by Crippen LogP contribution is 2.28. The van der Waals surface area contributed by atoms with Crippen LogP contribution in [0.25, 0.3) is 0 Å². The number of carbonyl (C=O) groups is 1. The molecule has 154 valence electrons. The fraction of sp³-hybridized carbons (Fsp3) is 0.636. The van der Waals surface area contributed by atoms with Crippen LogP contribution >= 0.6 is 0 Å². The zero-order valence-electron chi connectivity index (χ0n) is 17.0. The summed E-state index contributed by atoms with van der Waals surface area (Å²) in [5, 5.41) is 9.47. The van der Waals surface area contributed by atoms with E-state index in [1.807, 2.05) is 19.1 Å². The van der Waals surface area contributed by atoms with Crippen molar-refractivity contribution < 1.29 is 9.53 Å². The Morgan fingerprint density at radius 3 is 2.39 bits per heavy atom. The molecule has 0 saturated heterocycles. The van der Waals surface area contributed by atoms with Crippen LogP contribution in [0, 0.1) is 5.92 Å². The van der Waals surface area contributed by atoms with Gasteiger partial charge in [0.2, 0.25) is 5.91 Å². The van der Waals surface area contributed by atoms with Crippen LogP contribution in [0.1, 0.15) is 57.4 Å². The molecule has 28 heavy (non-hydrogen) atoms. The molecule has 0 bridgehead atoms. The number of benzene rings is 1. The third-order valence-corrected chi connectivity index (χ3v) is 5.21. The smallest absolute Gasteiger partial charge is 0.223 e. The van der Waals surface area contributed by atoms with Crippen molar-refractivity contribution in [2.45, 2.75) is 64.5 Å². The van der Waals surface area contributed by atoms with Gasteiger partial charge in [-0.3, -0.25) is 4.79 Å². The number of hydrogen-bond donors (Lipinski definition) is 3. The number of guanidine groups is 1. The summed E-state index contributed by atoms with van der Waals surface area (Å²) in [6.07, 6.45) is 8.69. The van der Waals surface area contributed by atoms with Crippen molar-refractivity contribution in [3.05, 3.63) is 29.8 Å². The molecule has 2 aliphatic carbocycles. The van der Waals surface area contributed by atoms with Gasteiger partial charge in [-0.05, 0) is 63.1 Å². The lowest BCUT2D eigenvalue weighted by molar-refractivity contribution is -0.122. The van der Waals surface area contributed by atoms with E-state index >= 15 is 0 Å². The van der Waals surface area contributed by atoms with Gasteiger partial charge in [0.05, 0.1) is 12.6 Å². The Kier molecular flexibility index (Phi) is 8.00. The molecule has 0 unspecified atom stereocenters. The first-order valence-corrected chi connectivity index (χ1v) is 10.8. The highest BCUT2D eigenvalue weighted by atomic mass is 16.5. The normalized spacial score (nSPS) is 17.8. The fourth-order valence-corrected chi connectivity index (χ4v) is 3.42. The average molecular weight is 387 g/mol. The number of aliphatic imine (C=N–C) groups is 1. The highest BCUT2D eigenvalue weighted by molar-refractivity contribution is 5.81. The Bertz CT molecular complexity index is 634. The van der Waals surface area contributed by atoms with Gasteiger partial charge >= 0.3 is 0 Å². The molecule has 0 radical (unpaired) electrons. The van der Waals surface area contributed by atoms with Gasteiger partial charge in [-0.2, -0.15) is 0 Å². The number of hydrogen-bond acceptors (Lipinski definition) is 3. The average Bonchev–Trinajstić information content (AvgIpc) is 3.56. The number of nitrogens with one attached hydrogen (secondary N) is 3. The third kappa shape index (κ3) is 7.06. The molecule has 1 amide bonds. The van der Waals surface area contributed by atoms with Gasteiger partial charge < -0.3 is 20.7 Å². The predicted octanol–water partition coefficient (Wildman–Crippen LogP) is 2.98. The lowest BCUT2D eigenvalue weighted by atomic mass is 9.98. The van der Waals surface area contributed by atoms with E-state index in [9.17, 15) is 4.79 Å². The maximum absolute atomic E-state index is 11.6. The largest absolute Gasteiger partial charge is 0.490 e. The van der Waals surface area contributed by atoms with Crippen LogP contribution in [-0.2, 0) is 11.3 Å². The van der Waals surface area contributed by atoms with E-state index in [1.54, 1.807) is 0 Å². The minimum Gasteiger partial charge on any atom is -0.490 e. The second-order valence-corrected chi connectivity index (χ2v) is 7.71. The van der Waals surface area contributed by atoms with Crippen LogP contribution in [0.2, 0.25) is 0 Å². The zero-order valence-corrected chi connectivity index (χ0v) is 17.0. The van der Waals surface area contributed by atoms with E-state index in [0.29, 0.717) is 25.7 Å². The molecule has 0 spiro atoms. The first kappa shape index (κ1) is 20.5. The summed E-state index contributed by atoms with van der Waals surface area (Å²) in [6, 6.07) is 8.27. The summed E-state index contributed by atoms with van der Waals surface area (Å²) in [7, 11) is 0. The van der Waals surface area contributed by atoms with Crippen molar-refractivity contribution in [3.8, 4) is 5.75 Å². The van der Waals surface area contributed by atoms with Gasteiger partial charge in [0.1, 0.15) is 5.75 Å². The molecule has 2 saturated carbocycles. The molecular formula is C22H34N4O2. The van der Waals surface area contributed by atoms with Crippen LogP contribution in [0.3, 0.4) is 0 Å². The maximum Gasteiger partial charge on any atom is 0.223 e. The molecule has 1 aromatic carbocycles. The van der Waals surface area contributed by atoms with Crippen molar-refractivity contribution >= 4 is 11.9 Å². The van der Waals surface area contributed by atoms with Gasteiger partial charge in [-0.25, -0.2) is 4.99 Å². The molecule has 1 aromatic rings. The van der Waals surface area contributed by atoms with Crippen molar-refractivity contribution in [1.82, 2.24) is 16.0 Å². The predicted molar refractivity (Wildman–Crippen MR) is 112 cm³/mol. The lowest BCUT2D eigenvalue weighted by Gasteiger charge is -2.23. The van der Waals surface area contributed by atoms with Gasteiger partial charge in [-0.15, -0.1) is 0 Å². The van der Waals surface area contributed by atoms with Crippen LogP contribution < -0.4 is 20.7 Å². The Labute approximate surface area is 168 Å². The van der Waals surface area contributed by atoms with Crippen molar-refractivity contribution in [2.75, 3.05) is 19.6 Å². The van der Waals surface area contributed by atoms with Crippen LogP contribution in [0.4, 0.5) is 0 Å². The van der Waals surface area contributed by atoms with Gasteiger partial charge in [0, 0.05) is 25.6 Å². The molecule has 2 aliphatic rings. The fourth-order valence-electron chi connectivity index (χ4n) is 3.42. The molecule has 0 aromatic heterocycles. The monoisotopic (exact) mass is 386 g/mol. The summed E-state index contributed by atoms with van der Waals surface area (Å²) in [5.41, 5.74) is 1.15. The molecule has 0 aliphatic heterocycles. The maximum atomic E-state index is 11.6. The number of nitrogens with zero attached hydrogens (tertiary/aromatic N) is 1. The minimum atomic E-state index is 0.180.